The smallest absolute Gasteiger partial charge is 0.251 e. The Morgan fingerprint density at radius 3 is 2.45 bits per heavy atom. The Labute approximate surface area is 121 Å². The Morgan fingerprint density at radius 1 is 1.30 bits per heavy atom. The van der Waals surface area contributed by atoms with Crippen LogP contribution in [0, 0.1) is 5.92 Å². The van der Waals surface area contributed by atoms with E-state index in [0.717, 1.165) is 18.6 Å². The zero-order chi connectivity index (χ0) is 15.0. The second-order valence-corrected chi connectivity index (χ2v) is 5.19. The van der Waals surface area contributed by atoms with E-state index in [1.165, 1.54) is 0 Å². The molecular weight excluding hydrogens is 254 g/mol. The van der Waals surface area contributed by atoms with Crippen LogP contribution in [0.5, 0.6) is 5.75 Å². The maximum Gasteiger partial charge on any atom is 0.251 e. The summed E-state index contributed by atoms with van der Waals surface area (Å²) in [6.07, 6.45) is 1.79. The van der Waals surface area contributed by atoms with E-state index >= 15 is 0 Å². The van der Waals surface area contributed by atoms with Crippen LogP contribution >= 0.6 is 0 Å². The van der Waals surface area contributed by atoms with Gasteiger partial charge in [0.1, 0.15) is 5.75 Å². The highest BCUT2D eigenvalue weighted by atomic mass is 16.5. The van der Waals surface area contributed by atoms with Gasteiger partial charge in [0.05, 0.1) is 6.10 Å². The van der Waals surface area contributed by atoms with Crippen molar-refractivity contribution < 1.29 is 14.6 Å². The third-order valence-corrected chi connectivity index (χ3v) is 3.15. The Kier molecular flexibility index (Phi) is 7.09. The molecule has 1 amide bonds. The molecule has 0 aliphatic heterocycles. The molecule has 20 heavy (non-hydrogen) atoms. The number of ether oxygens (including phenoxy) is 1. The van der Waals surface area contributed by atoms with Crippen LogP contribution in [0.1, 0.15) is 44.0 Å². The lowest BCUT2D eigenvalue weighted by molar-refractivity contribution is 0.0943. The molecule has 0 aliphatic carbocycles. The van der Waals surface area contributed by atoms with E-state index in [-0.39, 0.29) is 18.6 Å². The fraction of sp³-hybridized carbons (Fsp3) is 0.562. The lowest BCUT2D eigenvalue weighted by Crippen LogP contribution is -2.29. The van der Waals surface area contributed by atoms with E-state index in [9.17, 15) is 4.79 Å². The van der Waals surface area contributed by atoms with Crippen molar-refractivity contribution in [2.45, 2.75) is 39.7 Å². The Bertz CT molecular complexity index is 401. The summed E-state index contributed by atoms with van der Waals surface area (Å²) in [4.78, 5) is 12.0. The summed E-state index contributed by atoms with van der Waals surface area (Å²) in [6, 6.07) is 7.14. The molecule has 1 unspecified atom stereocenters. The number of aliphatic hydroxyl groups excluding tert-OH is 1. The monoisotopic (exact) mass is 279 g/mol. The highest BCUT2D eigenvalue weighted by Crippen LogP contribution is 2.14. The average molecular weight is 279 g/mol. The molecule has 0 spiro atoms. The number of rotatable bonds is 8. The van der Waals surface area contributed by atoms with Crippen LogP contribution in [0.2, 0.25) is 0 Å². The fourth-order valence-corrected chi connectivity index (χ4v) is 1.93. The van der Waals surface area contributed by atoms with Crippen molar-refractivity contribution in [1.29, 1.82) is 0 Å². The van der Waals surface area contributed by atoms with Crippen molar-refractivity contribution >= 4 is 5.91 Å². The lowest BCUT2D eigenvalue weighted by atomic mass is 10.0. The molecule has 0 radical (unpaired) electrons. The maximum absolute atomic E-state index is 12.0. The van der Waals surface area contributed by atoms with E-state index in [2.05, 4.69) is 12.2 Å². The van der Waals surface area contributed by atoms with Crippen molar-refractivity contribution in [2.75, 3.05) is 13.2 Å². The van der Waals surface area contributed by atoms with Gasteiger partial charge in [0.15, 0.2) is 0 Å². The molecule has 0 heterocycles. The van der Waals surface area contributed by atoms with Crippen LogP contribution in [0.4, 0.5) is 0 Å². The second kappa shape index (κ2) is 8.59. The maximum atomic E-state index is 12.0. The summed E-state index contributed by atoms with van der Waals surface area (Å²) in [5.74, 6) is 1.01. The number of nitrogens with one attached hydrogen (secondary N) is 1. The molecule has 0 fully saturated rings. The second-order valence-electron chi connectivity index (χ2n) is 5.19. The molecule has 0 saturated carbocycles. The minimum absolute atomic E-state index is 0.0857. The molecular formula is C16H25NO3. The SMILES string of the molecule is CCC(CCO)CNC(=O)c1ccc(OC(C)C)cc1. The number of benzene rings is 1. The van der Waals surface area contributed by atoms with Crippen LogP contribution < -0.4 is 10.1 Å². The average Bonchev–Trinajstić information content (AvgIpc) is 2.43. The number of carbonyl (C=O) groups excluding carboxylic acids is 1. The van der Waals surface area contributed by atoms with Gasteiger partial charge in [-0.15, -0.1) is 0 Å². The first-order chi connectivity index (χ1) is 9.56. The molecule has 1 aromatic carbocycles. The third kappa shape index (κ3) is 5.61. The molecule has 1 atom stereocenters. The summed E-state index contributed by atoms with van der Waals surface area (Å²) >= 11 is 0. The summed E-state index contributed by atoms with van der Waals surface area (Å²) in [6.45, 7) is 6.75. The van der Waals surface area contributed by atoms with Crippen molar-refractivity contribution in [3.63, 3.8) is 0 Å². The number of carbonyl (C=O) groups is 1. The zero-order valence-electron chi connectivity index (χ0n) is 12.6. The highest BCUT2D eigenvalue weighted by molar-refractivity contribution is 5.94. The van der Waals surface area contributed by atoms with Gasteiger partial charge in [-0.05, 0) is 50.5 Å². The van der Waals surface area contributed by atoms with Gasteiger partial charge in [-0.2, -0.15) is 0 Å². The van der Waals surface area contributed by atoms with Crippen LogP contribution in [0.3, 0.4) is 0 Å². The topological polar surface area (TPSA) is 58.6 Å². The molecule has 0 saturated heterocycles. The first-order valence-corrected chi connectivity index (χ1v) is 7.22. The van der Waals surface area contributed by atoms with Crippen molar-refractivity contribution in [1.82, 2.24) is 5.32 Å². The van der Waals surface area contributed by atoms with E-state index in [4.69, 9.17) is 9.84 Å². The number of amides is 1. The van der Waals surface area contributed by atoms with E-state index in [1.807, 2.05) is 13.8 Å². The zero-order valence-corrected chi connectivity index (χ0v) is 12.6. The molecule has 112 valence electrons. The molecule has 4 nitrogen and oxygen atoms in total. The molecule has 1 rings (SSSR count). The van der Waals surface area contributed by atoms with E-state index in [1.54, 1.807) is 24.3 Å². The van der Waals surface area contributed by atoms with Gasteiger partial charge >= 0.3 is 0 Å². The molecule has 2 N–H and O–H groups in total. The first kappa shape index (κ1) is 16.5. The van der Waals surface area contributed by atoms with Gasteiger partial charge in [0.25, 0.3) is 5.91 Å². The standard InChI is InChI=1S/C16H25NO3/c1-4-13(9-10-18)11-17-16(19)14-5-7-15(8-6-14)20-12(2)3/h5-8,12-13,18H,4,9-11H2,1-3H3,(H,17,19). The van der Waals surface area contributed by atoms with Gasteiger partial charge in [-0.1, -0.05) is 13.3 Å². The van der Waals surface area contributed by atoms with Gasteiger partial charge < -0.3 is 15.2 Å². The van der Waals surface area contributed by atoms with Crippen LogP contribution in [-0.4, -0.2) is 30.3 Å². The Morgan fingerprint density at radius 2 is 1.95 bits per heavy atom. The minimum Gasteiger partial charge on any atom is -0.491 e. The molecule has 0 aromatic heterocycles. The number of hydrogen-bond acceptors (Lipinski definition) is 3. The van der Waals surface area contributed by atoms with E-state index in [0.29, 0.717) is 18.0 Å². The largest absolute Gasteiger partial charge is 0.491 e. The molecule has 1 aromatic rings. The predicted molar refractivity (Wildman–Crippen MR) is 80.0 cm³/mol. The van der Waals surface area contributed by atoms with E-state index < -0.39 is 0 Å². The highest BCUT2D eigenvalue weighted by Gasteiger charge is 2.10. The normalized spacial score (nSPS) is 12.2. The Balaban J connectivity index is 2.51. The predicted octanol–water partition coefficient (Wildman–Crippen LogP) is 2.61. The Hall–Kier alpha value is -1.55. The first-order valence-electron chi connectivity index (χ1n) is 7.22. The summed E-state index contributed by atoms with van der Waals surface area (Å²) in [5.41, 5.74) is 0.625. The molecule has 4 heteroatoms. The summed E-state index contributed by atoms with van der Waals surface area (Å²) < 4.78 is 5.54. The number of aliphatic hydroxyl groups is 1. The van der Waals surface area contributed by atoms with Crippen molar-refractivity contribution in [3.8, 4) is 5.75 Å². The molecule has 0 aliphatic rings. The van der Waals surface area contributed by atoms with Crippen molar-refractivity contribution in [3.05, 3.63) is 29.8 Å². The van der Waals surface area contributed by atoms with Gasteiger partial charge in [-0.25, -0.2) is 0 Å². The minimum atomic E-state index is -0.0857. The van der Waals surface area contributed by atoms with Crippen LogP contribution in [-0.2, 0) is 0 Å². The van der Waals surface area contributed by atoms with Gasteiger partial charge in [0, 0.05) is 18.7 Å². The van der Waals surface area contributed by atoms with Crippen molar-refractivity contribution in [2.24, 2.45) is 5.92 Å². The third-order valence-electron chi connectivity index (χ3n) is 3.15. The number of hydrogen-bond donors (Lipinski definition) is 2. The lowest BCUT2D eigenvalue weighted by Gasteiger charge is -2.14. The van der Waals surface area contributed by atoms with Gasteiger partial charge in [0.2, 0.25) is 0 Å². The van der Waals surface area contributed by atoms with Crippen LogP contribution in [0.25, 0.3) is 0 Å². The fourth-order valence-electron chi connectivity index (χ4n) is 1.93. The summed E-state index contributed by atoms with van der Waals surface area (Å²) in [7, 11) is 0. The van der Waals surface area contributed by atoms with Crippen LogP contribution in [0.15, 0.2) is 24.3 Å². The summed E-state index contributed by atoms with van der Waals surface area (Å²) in [5, 5.41) is 11.8. The molecule has 0 bridgehead atoms. The van der Waals surface area contributed by atoms with Gasteiger partial charge in [-0.3, -0.25) is 4.79 Å². The quantitative estimate of drug-likeness (QED) is 0.769.